The summed E-state index contributed by atoms with van der Waals surface area (Å²) in [6.07, 6.45) is 1.26. The number of nitrogens with one attached hydrogen (secondary N) is 1. The van der Waals surface area contributed by atoms with Gasteiger partial charge in [-0.25, -0.2) is 13.2 Å². The minimum absolute atomic E-state index is 0.0853. The van der Waals surface area contributed by atoms with Crippen LogP contribution in [-0.4, -0.2) is 68.9 Å². The lowest BCUT2D eigenvalue weighted by Gasteiger charge is -2.37. The Bertz CT molecular complexity index is 659. The van der Waals surface area contributed by atoms with Gasteiger partial charge in [-0.1, -0.05) is 18.2 Å². The van der Waals surface area contributed by atoms with Crippen LogP contribution >= 0.6 is 0 Å². The van der Waals surface area contributed by atoms with E-state index in [0.29, 0.717) is 51.4 Å². The summed E-state index contributed by atoms with van der Waals surface area (Å²) in [6.45, 7) is 3.05. The average molecular weight is 353 g/mol. The minimum atomic E-state index is -3.52. The Morgan fingerprint density at radius 3 is 2.50 bits per heavy atom. The zero-order valence-electron chi connectivity index (χ0n) is 13.6. The van der Waals surface area contributed by atoms with Gasteiger partial charge in [0.2, 0.25) is 10.0 Å². The summed E-state index contributed by atoms with van der Waals surface area (Å²) >= 11 is 0. The number of rotatable bonds is 3. The molecule has 8 heteroatoms. The van der Waals surface area contributed by atoms with Gasteiger partial charge in [0.1, 0.15) is 0 Å². The predicted molar refractivity (Wildman–Crippen MR) is 91.4 cm³/mol. The second-order valence-corrected chi connectivity index (χ2v) is 8.07. The summed E-state index contributed by atoms with van der Waals surface area (Å²) in [4.78, 5) is 16.0. The van der Waals surface area contributed by atoms with Crippen molar-refractivity contribution in [3.8, 4) is 0 Å². The lowest BCUT2D eigenvalue weighted by molar-refractivity contribution is 0.0418. The molecule has 0 bridgehead atoms. The lowest BCUT2D eigenvalue weighted by Crippen LogP contribution is -2.53. The van der Waals surface area contributed by atoms with E-state index in [4.69, 9.17) is 4.74 Å². The van der Waals surface area contributed by atoms with Crippen molar-refractivity contribution in [1.82, 2.24) is 9.80 Å². The smallest absolute Gasteiger partial charge is 0.320 e. The molecule has 0 spiro atoms. The molecule has 2 fully saturated rings. The number of likely N-dealkylation sites (tertiary alicyclic amines) is 1. The number of sulfonamides is 1. The molecule has 1 atom stereocenters. The van der Waals surface area contributed by atoms with Gasteiger partial charge in [-0.2, -0.15) is 0 Å². The second kappa shape index (κ2) is 7.40. The molecular weight excluding hydrogens is 330 g/mol. The molecule has 2 amide bonds. The number of amides is 2. The monoisotopic (exact) mass is 353 g/mol. The minimum Gasteiger partial charge on any atom is -0.378 e. The van der Waals surface area contributed by atoms with Gasteiger partial charge in [-0.15, -0.1) is 0 Å². The number of morpholine rings is 1. The molecule has 24 heavy (non-hydrogen) atoms. The van der Waals surface area contributed by atoms with Crippen molar-refractivity contribution in [2.24, 2.45) is 0 Å². The fraction of sp³-hybridized carbons (Fsp3) is 0.562. The van der Waals surface area contributed by atoms with Crippen LogP contribution in [0.2, 0.25) is 0 Å². The molecule has 0 aromatic heterocycles. The normalized spacial score (nSPS) is 22.2. The molecule has 0 aliphatic carbocycles. The molecule has 1 aromatic rings. The number of piperidine rings is 1. The number of benzene rings is 1. The molecule has 2 heterocycles. The number of carbonyl (C=O) groups excluding carboxylic acids is 1. The molecule has 2 aliphatic heterocycles. The second-order valence-electron chi connectivity index (χ2n) is 6.11. The molecular formula is C16H23N3O4S. The van der Waals surface area contributed by atoms with Crippen LogP contribution in [0.1, 0.15) is 12.8 Å². The number of anilines is 1. The quantitative estimate of drug-likeness (QED) is 0.889. The van der Waals surface area contributed by atoms with Crippen molar-refractivity contribution in [2.75, 3.05) is 44.1 Å². The Balaban J connectivity index is 1.65. The maximum atomic E-state index is 12.6. The molecule has 1 aromatic carbocycles. The van der Waals surface area contributed by atoms with Crippen molar-refractivity contribution in [3.05, 3.63) is 30.3 Å². The van der Waals surface area contributed by atoms with Gasteiger partial charge < -0.3 is 14.5 Å². The largest absolute Gasteiger partial charge is 0.378 e. The number of ether oxygens (including phenoxy) is 1. The van der Waals surface area contributed by atoms with Gasteiger partial charge in [-0.05, 0) is 25.0 Å². The van der Waals surface area contributed by atoms with E-state index >= 15 is 0 Å². The van der Waals surface area contributed by atoms with E-state index in [1.807, 2.05) is 6.07 Å². The van der Waals surface area contributed by atoms with Crippen LogP contribution in [0.4, 0.5) is 10.5 Å². The van der Waals surface area contributed by atoms with Crippen LogP contribution in [0.3, 0.4) is 0 Å². The van der Waals surface area contributed by atoms with E-state index in [1.165, 1.54) is 0 Å². The number of urea groups is 1. The van der Waals surface area contributed by atoms with Gasteiger partial charge >= 0.3 is 6.03 Å². The van der Waals surface area contributed by atoms with Crippen molar-refractivity contribution in [2.45, 2.75) is 18.1 Å². The SMILES string of the molecule is O=C(N1CCOCC1)N1CCCC(S(=O)(=O)Nc2ccccc2)C1. The number of carbonyl (C=O) groups is 1. The van der Waals surface area contributed by atoms with Gasteiger partial charge in [-0.3, -0.25) is 4.72 Å². The van der Waals surface area contributed by atoms with E-state index in [9.17, 15) is 13.2 Å². The van der Waals surface area contributed by atoms with E-state index in [-0.39, 0.29) is 12.6 Å². The van der Waals surface area contributed by atoms with Crippen LogP contribution in [0.25, 0.3) is 0 Å². The molecule has 132 valence electrons. The topological polar surface area (TPSA) is 79.0 Å². The summed E-state index contributed by atoms with van der Waals surface area (Å²) in [5, 5.41) is -0.587. The number of hydrogen-bond acceptors (Lipinski definition) is 4. The Kier molecular flexibility index (Phi) is 5.25. The maximum absolute atomic E-state index is 12.6. The van der Waals surface area contributed by atoms with Gasteiger partial charge in [0.25, 0.3) is 0 Å². The van der Waals surface area contributed by atoms with Crippen molar-refractivity contribution in [3.63, 3.8) is 0 Å². The molecule has 3 rings (SSSR count). The number of para-hydroxylation sites is 1. The molecule has 0 saturated carbocycles. The first kappa shape index (κ1) is 17.0. The summed E-state index contributed by atoms with van der Waals surface area (Å²) in [6, 6.07) is 8.76. The number of nitrogens with zero attached hydrogens (tertiary/aromatic N) is 2. The third-order valence-corrected chi connectivity index (χ3v) is 6.19. The maximum Gasteiger partial charge on any atom is 0.320 e. The van der Waals surface area contributed by atoms with E-state index < -0.39 is 15.3 Å². The Hall–Kier alpha value is -1.80. The fourth-order valence-corrected chi connectivity index (χ4v) is 4.56. The zero-order valence-corrected chi connectivity index (χ0v) is 14.4. The molecule has 2 aliphatic rings. The molecule has 7 nitrogen and oxygen atoms in total. The van der Waals surface area contributed by atoms with E-state index in [0.717, 1.165) is 0 Å². The highest BCUT2D eigenvalue weighted by Gasteiger charge is 2.34. The highest BCUT2D eigenvalue weighted by Crippen LogP contribution is 2.21. The van der Waals surface area contributed by atoms with Gasteiger partial charge in [0.05, 0.1) is 18.5 Å². The molecule has 1 N–H and O–H groups in total. The van der Waals surface area contributed by atoms with Crippen LogP contribution in [0.5, 0.6) is 0 Å². The molecule has 1 unspecified atom stereocenters. The third-order valence-electron chi connectivity index (χ3n) is 4.40. The highest BCUT2D eigenvalue weighted by molar-refractivity contribution is 7.93. The Labute approximate surface area is 142 Å². The molecule has 2 saturated heterocycles. The third kappa shape index (κ3) is 3.99. The predicted octanol–water partition coefficient (Wildman–Crippen LogP) is 1.34. The first-order valence-corrected chi connectivity index (χ1v) is 9.79. The zero-order chi connectivity index (χ0) is 17.0. The standard InChI is InChI=1S/C16H23N3O4S/c20-16(18-9-11-23-12-10-18)19-8-4-7-15(13-19)24(21,22)17-14-5-2-1-3-6-14/h1-3,5-6,15,17H,4,7-13H2. The van der Waals surface area contributed by atoms with Gasteiger partial charge in [0.15, 0.2) is 0 Å². The summed E-state index contributed by atoms with van der Waals surface area (Å²) in [7, 11) is -3.52. The Morgan fingerprint density at radius 1 is 1.08 bits per heavy atom. The van der Waals surface area contributed by atoms with Gasteiger partial charge in [0, 0.05) is 31.9 Å². The van der Waals surface area contributed by atoms with Crippen LogP contribution in [-0.2, 0) is 14.8 Å². The fourth-order valence-electron chi connectivity index (χ4n) is 3.07. The highest BCUT2D eigenvalue weighted by atomic mass is 32.2. The summed E-state index contributed by atoms with van der Waals surface area (Å²) in [5.74, 6) is 0. The van der Waals surface area contributed by atoms with Crippen LogP contribution in [0.15, 0.2) is 30.3 Å². The first-order chi connectivity index (χ1) is 11.6. The van der Waals surface area contributed by atoms with Crippen molar-refractivity contribution in [1.29, 1.82) is 0 Å². The Morgan fingerprint density at radius 2 is 1.79 bits per heavy atom. The summed E-state index contributed by atoms with van der Waals surface area (Å²) in [5.41, 5.74) is 0.550. The number of hydrogen-bond donors (Lipinski definition) is 1. The van der Waals surface area contributed by atoms with Crippen molar-refractivity contribution >= 4 is 21.7 Å². The first-order valence-electron chi connectivity index (χ1n) is 8.24. The average Bonchev–Trinajstić information content (AvgIpc) is 2.62. The van der Waals surface area contributed by atoms with Crippen LogP contribution < -0.4 is 4.72 Å². The summed E-state index contributed by atoms with van der Waals surface area (Å²) < 4.78 is 33.1. The lowest BCUT2D eigenvalue weighted by atomic mass is 10.1. The van der Waals surface area contributed by atoms with E-state index in [2.05, 4.69) is 4.72 Å². The van der Waals surface area contributed by atoms with E-state index in [1.54, 1.807) is 34.1 Å². The van der Waals surface area contributed by atoms with Crippen molar-refractivity contribution < 1.29 is 17.9 Å². The van der Waals surface area contributed by atoms with Crippen LogP contribution in [0, 0.1) is 0 Å². The molecule has 0 radical (unpaired) electrons.